The first-order valence-electron chi connectivity index (χ1n) is 6.80. The molecule has 21 heavy (non-hydrogen) atoms. The highest BCUT2D eigenvalue weighted by Gasteiger charge is 2.15. The smallest absolute Gasteiger partial charge is 0.123 e. The van der Waals surface area contributed by atoms with Crippen molar-refractivity contribution in [2.24, 2.45) is 0 Å². The van der Waals surface area contributed by atoms with Crippen LogP contribution in [0, 0.1) is 12.7 Å². The summed E-state index contributed by atoms with van der Waals surface area (Å²) < 4.78 is 19.0. The molecule has 0 fully saturated rings. The van der Waals surface area contributed by atoms with Crippen molar-refractivity contribution in [1.82, 2.24) is 5.32 Å². The molecule has 0 heterocycles. The number of methoxy groups -OCH3 is 1. The summed E-state index contributed by atoms with van der Waals surface area (Å²) in [6.45, 7) is 1.89. The number of hydrogen-bond donors (Lipinski definition) is 1. The van der Waals surface area contributed by atoms with Gasteiger partial charge in [0.2, 0.25) is 0 Å². The molecule has 0 amide bonds. The molecule has 1 atom stereocenters. The van der Waals surface area contributed by atoms with Gasteiger partial charge in [-0.3, -0.25) is 0 Å². The third-order valence-corrected chi connectivity index (χ3v) is 3.72. The topological polar surface area (TPSA) is 21.3 Å². The van der Waals surface area contributed by atoms with Gasteiger partial charge in [-0.15, -0.1) is 0 Å². The first-order chi connectivity index (χ1) is 10.0. The summed E-state index contributed by atoms with van der Waals surface area (Å²) in [5, 5.41) is 3.89. The molecule has 0 aliphatic heterocycles. The van der Waals surface area contributed by atoms with E-state index < -0.39 is 0 Å². The Labute approximate surface area is 129 Å². The minimum atomic E-state index is -0.219. The molecule has 0 aliphatic rings. The molecule has 0 saturated heterocycles. The third-order valence-electron chi connectivity index (χ3n) is 3.48. The molecule has 1 N–H and O–H groups in total. The van der Waals surface area contributed by atoms with E-state index in [1.54, 1.807) is 19.2 Å². The number of likely N-dealkylation sites (N-methyl/N-ethyl adjacent to an activating group) is 1. The van der Waals surface area contributed by atoms with Gasteiger partial charge >= 0.3 is 0 Å². The van der Waals surface area contributed by atoms with Crippen molar-refractivity contribution in [1.29, 1.82) is 0 Å². The second kappa shape index (κ2) is 6.92. The normalized spacial score (nSPS) is 12.2. The zero-order chi connectivity index (χ0) is 15.4. The Kier molecular flexibility index (Phi) is 5.21. The predicted octanol–water partition coefficient (Wildman–Crippen LogP) is 4.30. The minimum Gasteiger partial charge on any atom is -0.496 e. The van der Waals surface area contributed by atoms with Crippen molar-refractivity contribution in [3.63, 3.8) is 0 Å². The van der Waals surface area contributed by atoms with Gasteiger partial charge in [0.15, 0.2) is 0 Å². The number of nitrogens with one attached hydrogen (secondary N) is 1. The van der Waals surface area contributed by atoms with Gasteiger partial charge in [-0.05, 0) is 67.4 Å². The van der Waals surface area contributed by atoms with Crippen LogP contribution in [0.15, 0.2) is 36.4 Å². The number of ether oxygens (including phenoxy) is 1. The number of halogens is 2. The molecule has 112 valence electrons. The van der Waals surface area contributed by atoms with Gasteiger partial charge in [0, 0.05) is 11.1 Å². The van der Waals surface area contributed by atoms with Gasteiger partial charge < -0.3 is 10.1 Å². The maximum absolute atomic E-state index is 13.6. The van der Waals surface area contributed by atoms with Crippen LogP contribution < -0.4 is 10.1 Å². The summed E-state index contributed by atoms with van der Waals surface area (Å²) in [5.74, 6) is 0.566. The van der Waals surface area contributed by atoms with E-state index in [1.807, 2.05) is 32.2 Å². The molecular weight excluding hydrogens is 289 g/mol. The van der Waals surface area contributed by atoms with Crippen LogP contribution >= 0.6 is 11.6 Å². The average molecular weight is 308 g/mol. The molecule has 1 unspecified atom stereocenters. The highest BCUT2D eigenvalue weighted by molar-refractivity contribution is 6.30. The summed E-state index contributed by atoms with van der Waals surface area (Å²) in [5.41, 5.74) is 2.81. The van der Waals surface area contributed by atoms with Crippen LogP contribution in [0.4, 0.5) is 4.39 Å². The fourth-order valence-corrected chi connectivity index (χ4v) is 2.67. The second-order valence-electron chi connectivity index (χ2n) is 5.06. The highest BCUT2D eigenvalue weighted by Crippen LogP contribution is 2.28. The molecule has 0 aliphatic carbocycles. The fourth-order valence-electron chi connectivity index (χ4n) is 2.48. The summed E-state index contributed by atoms with van der Waals surface area (Å²) in [6, 6.07) is 10.6. The van der Waals surface area contributed by atoms with Gasteiger partial charge in [0.25, 0.3) is 0 Å². The largest absolute Gasteiger partial charge is 0.496 e. The molecule has 2 aromatic carbocycles. The van der Waals surface area contributed by atoms with E-state index in [2.05, 4.69) is 5.32 Å². The Hall–Kier alpha value is -1.58. The van der Waals surface area contributed by atoms with Crippen LogP contribution in [-0.2, 0) is 6.42 Å². The van der Waals surface area contributed by atoms with Crippen molar-refractivity contribution in [3.05, 3.63) is 63.9 Å². The quantitative estimate of drug-likeness (QED) is 0.889. The van der Waals surface area contributed by atoms with Crippen LogP contribution in [0.2, 0.25) is 5.02 Å². The van der Waals surface area contributed by atoms with E-state index in [0.29, 0.717) is 11.4 Å². The zero-order valence-corrected chi connectivity index (χ0v) is 13.2. The molecule has 4 heteroatoms. The van der Waals surface area contributed by atoms with Crippen LogP contribution in [0.3, 0.4) is 0 Å². The SMILES string of the molecule is CNC(Cc1cc(Cl)ccc1OC)c1cc(C)cc(F)c1. The molecule has 2 aromatic rings. The van der Waals surface area contributed by atoms with Crippen molar-refractivity contribution >= 4 is 11.6 Å². The lowest BCUT2D eigenvalue weighted by molar-refractivity contribution is 0.406. The molecular formula is C17H19ClFNO. The molecule has 0 radical (unpaired) electrons. The Morgan fingerprint density at radius 1 is 1.24 bits per heavy atom. The first-order valence-corrected chi connectivity index (χ1v) is 7.18. The maximum Gasteiger partial charge on any atom is 0.123 e. The van der Waals surface area contributed by atoms with E-state index in [0.717, 1.165) is 22.4 Å². The number of rotatable bonds is 5. The monoisotopic (exact) mass is 307 g/mol. The van der Waals surface area contributed by atoms with Gasteiger partial charge in [-0.2, -0.15) is 0 Å². The Morgan fingerprint density at radius 3 is 2.62 bits per heavy atom. The average Bonchev–Trinajstić information content (AvgIpc) is 2.43. The van der Waals surface area contributed by atoms with E-state index in [9.17, 15) is 4.39 Å². The summed E-state index contributed by atoms with van der Waals surface area (Å²) in [7, 11) is 3.50. The lowest BCUT2D eigenvalue weighted by Crippen LogP contribution is -2.19. The molecule has 0 spiro atoms. The van der Waals surface area contributed by atoms with E-state index in [4.69, 9.17) is 16.3 Å². The standard InChI is InChI=1S/C17H19ClFNO/c1-11-6-12(9-15(19)7-11)16(20-2)10-13-8-14(18)4-5-17(13)21-3/h4-9,16,20H,10H2,1-3H3. The number of aryl methyl sites for hydroxylation is 1. The number of benzene rings is 2. The fraction of sp³-hybridized carbons (Fsp3) is 0.294. The van der Waals surface area contributed by atoms with Gasteiger partial charge in [-0.1, -0.05) is 17.7 Å². The Balaban J connectivity index is 2.32. The van der Waals surface area contributed by atoms with Crippen molar-refractivity contribution in [2.45, 2.75) is 19.4 Å². The molecule has 2 nitrogen and oxygen atoms in total. The molecule has 2 rings (SSSR count). The Morgan fingerprint density at radius 2 is 2.00 bits per heavy atom. The first kappa shape index (κ1) is 15.8. The maximum atomic E-state index is 13.6. The van der Waals surface area contributed by atoms with E-state index >= 15 is 0 Å². The predicted molar refractivity (Wildman–Crippen MR) is 84.6 cm³/mol. The van der Waals surface area contributed by atoms with E-state index in [-0.39, 0.29) is 11.9 Å². The van der Waals surface area contributed by atoms with Crippen molar-refractivity contribution in [3.8, 4) is 5.75 Å². The lowest BCUT2D eigenvalue weighted by Gasteiger charge is -2.19. The van der Waals surface area contributed by atoms with Crippen LogP contribution in [0.25, 0.3) is 0 Å². The van der Waals surface area contributed by atoms with Gasteiger partial charge in [-0.25, -0.2) is 4.39 Å². The second-order valence-corrected chi connectivity index (χ2v) is 5.50. The van der Waals surface area contributed by atoms with Gasteiger partial charge in [0.1, 0.15) is 11.6 Å². The zero-order valence-electron chi connectivity index (χ0n) is 12.4. The van der Waals surface area contributed by atoms with Crippen molar-refractivity contribution in [2.75, 3.05) is 14.2 Å². The highest BCUT2D eigenvalue weighted by atomic mass is 35.5. The van der Waals surface area contributed by atoms with Gasteiger partial charge in [0.05, 0.1) is 7.11 Å². The summed E-state index contributed by atoms with van der Waals surface area (Å²) >= 11 is 6.06. The van der Waals surface area contributed by atoms with Crippen molar-refractivity contribution < 1.29 is 9.13 Å². The third kappa shape index (κ3) is 3.96. The van der Waals surface area contributed by atoms with Crippen LogP contribution in [0.5, 0.6) is 5.75 Å². The molecule has 0 bridgehead atoms. The van der Waals surface area contributed by atoms with Crippen LogP contribution in [-0.4, -0.2) is 14.2 Å². The van der Waals surface area contributed by atoms with Crippen LogP contribution in [0.1, 0.15) is 22.7 Å². The summed E-state index contributed by atoms with van der Waals surface area (Å²) in [4.78, 5) is 0. The minimum absolute atomic E-state index is 0.00762. The Bertz CT molecular complexity index is 610. The summed E-state index contributed by atoms with van der Waals surface area (Å²) in [6.07, 6.45) is 0.670. The number of hydrogen-bond acceptors (Lipinski definition) is 2. The van der Waals surface area contributed by atoms with E-state index in [1.165, 1.54) is 6.07 Å². The molecule has 0 aromatic heterocycles. The lowest BCUT2D eigenvalue weighted by atomic mass is 9.97. The molecule has 0 saturated carbocycles.